The van der Waals surface area contributed by atoms with Crippen molar-refractivity contribution in [2.45, 2.75) is 24.5 Å². The number of hydrogen-bond donors (Lipinski definition) is 0. The summed E-state index contributed by atoms with van der Waals surface area (Å²) in [5, 5.41) is 10.5. The van der Waals surface area contributed by atoms with Crippen LogP contribution in [-0.4, -0.2) is 21.8 Å². The van der Waals surface area contributed by atoms with Crippen LogP contribution in [0, 0.1) is 10.1 Å². The summed E-state index contributed by atoms with van der Waals surface area (Å²) in [5.41, 5.74) is 1.25. The van der Waals surface area contributed by atoms with Gasteiger partial charge in [-0.2, -0.15) is 0 Å². The Labute approximate surface area is 106 Å². The molecule has 0 N–H and O–H groups in total. The van der Waals surface area contributed by atoms with Crippen molar-refractivity contribution in [3.05, 3.63) is 38.3 Å². The van der Waals surface area contributed by atoms with E-state index in [4.69, 9.17) is 0 Å². The molecule has 1 atom stereocenters. The molecular weight excluding hydrogens is 321 g/mol. The zero-order valence-corrected chi connectivity index (χ0v) is 12.7. The normalized spacial score (nSPS) is 11.5. The molecule has 15 heavy (non-hydrogen) atoms. The van der Waals surface area contributed by atoms with Crippen molar-refractivity contribution in [2.75, 3.05) is 0 Å². The van der Waals surface area contributed by atoms with Gasteiger partial charge < -0.3 is 0 Å². The van der Waals surface area contributed by atoms with E-state index >= 15 is 0 Å². The fourth-order valence-corrected chi connectivity index (χ4v) is 2.25. The monoisotopic (exact) mass is 333 g/mol. The molecule has 1 rings (SSSR count). The maximum atomic E-state index is 10.5. The van der Waals surface area contributed by atoms with Crippen LogP contribution in [0.15, 0.2) is 22.7 Å². The van der Waals surface area contributed by atoms with Gasteiger partial charge in [-0.25, -0.2) is 0 Å². The summed E-state index contributed by atoms with van der Waals surface area (Å²) < 4.78 is 1.06. The fourth-order valence-electron chi connectivity index (χ4n) is 1.28. The van der Waals surface area contributed by atoms with Gasteiger partial charge in [0.05, 0.1) is 0 Å². The Morgan fingerprint density at radius 3 is 2.53 bits per heavy atom. The molecule has 0 aliphatic carbocycles. The first-order valence-electron chi connectivity index (χ1n) is 4.51. The number of benzene rings is 1. The van der Waals surface area contributed by atoms with E-state index in [9.17, 15) is 10.1 Å². The molecule has 0 aromatic heterocycles. The van der Waals surface area contributed by atoms with Crippen molar-refractivity contribution in [3.8, 4) is 0 Å². The van der Waals surface area contributed by atoms with E-state index in [-0.39, 0.29) is 14.8 Å². The van der Waals surface area contributed by atoms with Crippen LogP contribution in [0.1, 0.15) is 19.4 Å². The Bertz CT molecular complexity index is 387. The zero-order chi connectivity index (χ0) is 11.6. The van der Waals surface area contributed by atoms with E-state index in [1.165, 1.54) is 0 Å². The molecule has 0 spiro atoms. The van der Waals surface area contributed by atoms with E-state index in [0.29, 0.717) is 0 Å². The summed E-state index contributed by atoms with van der Waals surface area (Å²) in [6, 6.07) is 4.94. The van der Waals surface area contributed by atoms with Crippen molar-refractivity contribution >= 4 is 38.5 Å². The van der Waals surface area contributed by atoms with Crippen LogP contribution in [0.25, 0.3) is 0 Å². The van der Waals surface area contributed by atoms with Crippen LogP contribution in [0.2, 0.25) is 4.20 Å². The van der Waals surface area contributed by atoms with Crippen LogP contribution in [0.5, 0.6) is 0 Å². The number of nitro groups is 1. The van der Waals surface area contributed by atoms with Crippen molar-refractivity contribution in [2.24, 2.45) is 0 Å². The topological polar surface area (TPSA) is 43.1 Å². The molecule has 1 aromatic carbocycles. The van der Waals surface area contributed by atoms with E-state index < -0.39 is 0 Å². The molecule has 5 heteroatoms. The average molecular weight is 334 g/mol. The van der Waals surface area contributed by atoms with Gasteiger partial charge in [-0.1, -0.05) is 0 Å². The third kappa shape index (κ3) is 3.96. The van der Waals surface area contributed by atoms with Gasteiger partial charge in [-0.15, -0.1) is 0 Å². The molecular formula is C10H13AsBrNO2. The zero-order valence-electron chi connectivity index (χ0n) is 8.66. The molecule has 0 heterocycles. The Balaban J connectivity index is 2.99. The molecule has 0 radical (unpaired) electrons. The number of non-ortho nitro benzene ring substituents is 1. The van der Waals surface area contributed by atoms with Crippen LogP contribution < -0.4 is 0 Å². The summed E-state index contributed by atoms with van der Waals surface area (Å²) in [5.74, 6) is 0. The summed E-state index contributed by atoms with van der Waals surface area (Å²) in [4.78, 5) is 10.2. The number of nitrogens with zero attached hydrogens (tertiary/aromatic N) is 1. The predicted molar refractivity (Wildman–Crippen MR) is 67.1 cm³/mol. The molecule has 0 amide bonds. The first-order chi connectivity index (χ1) is 6.79. The number of hydrogen-bond acceptors (Lipinski definition) is 2. The summed E-state index contributed by atoms with van der Waals surface area (Å²) in [7, 11) is 0. The van der Waals surface area contributed by atoms with Crippen molar-refractivity contribution in [1.82, 2.24) is 0 Å². The number of rotatable bonds is 3. The van der Waals surface area contributed by atoms with Crippen molar-refractivity contribution in [1.29, 1.82) is 0 Å². The van der Waals surface area contributed by atoms with E-state index in [0.717, 1.165) is 16.5 Å². The maximum absolute atomic E-state index is 10.5. The SMILES string of the molecule is CC(C)([AsH2])Cc1ccc([N+](=O)[O-])cc1Br. The molecule has 82 valence electrons. The first-order valence-corrected chi connectivity index (χ1v) is 6.52. The van der Waals surface area contributed by atoms with Gasteiger partial charge in [0.1, 0.15) is 0 Å². The summed E-state index contributed by atoms with van der Waals surface area (Å²) in [6.45, 7) is 4.34. The van der Waals surface area contributed by atoms with Crippen LogP contribution in [0.3, 0.4) is 0 Å². The second-order valence-electron chi connectivity index (χ2n) is 4.20. The Hall–Kier alpha value is -0.342. The van der Waals surface area contributed by atoms with E-state index in [2.05, 4.69) is 29.8 Å². The fraction of sp³-hybridized carbons (Fsp3) is 0.400. The molecule has 1 unspecified atom stereocenters. The molecule has 0 aliphatic rings. The number of nitro benzene ring substituents is 1. The van der Waals surface area contributed by atoms with Gasteiger partial charge in [0.25, 0.3) is 0 Å². The third-order valence-electron chi connectivity index (χ3n) is 1.89. The quantitative estimate of drug-likeness (QED) is 0.485. The third-order valence-corrected chi connectivity index (χ3v) is 3.06. The molecule has 0 fully saturated rings. The van der Waals surface area contributed by atoms with Gasteiger partial charge in [-0.3, -0.25) is 0 Å². The minimum absolute atomic E-state index is 0.130. The predicted octanol–water partition coefficient (Wildman–Crippen LogP) is 2.73. The molecule has 0 aliphatic heterocycles. The van der Waals surface area contributed by atoms with Gasteiger partial charge in [0, 0.05) is 0 Å². The van der Waals surface area contributed by atoms with Crippen LogP contribution in [-0.2, 0) is 6.42 Å². The number of halogens is 1. The van der Waals surface area contributed by atoms with Gasteiger partial charge in [0.2, 0.25) is 0 Å². The first kappa shape index (κ1) is 12.7. The minimum atomic E-state index is -0.379. The van der Waals surface area contributed by atoms with Crippen molar-refractivity contribution in [3.63, 3.8) is 0 Å². The Morgan fingerprint density at radius 1 is 1.53 bits per heavy atom. The summed E-state index contributed by atoms with van der Waals surface area (Å²) >= 11 is 5.04. The Morgan fingerprint density at radius 2 is 2.13 bits per heavy atom. The Kier molecular flexibility index (Phi) is 3.96. The van der Waals surface area contributed by atoms with Gasteiger partial charge in [0.15, 0.2) is 0 Å². The second-order valence-corrected chi connectivity index (χ2v) is 8.33. The molecule has 0 bridgehead atoms. The van der Waals surface area contributed by atoms with E-state index in [1.807, 2.05) is 6.07 Å². The van der Waals surface area contributed by atoms with Gasteiger partial charge >= 0.3 is 106 Å². The molecule has 0 saturated heterocycles. The van der Waals surface area contributed by atoms with Gasteiger partial charge in [-0.05, 0) is 0 Å². The standard InChI is InChI=1S/C10H13AsBrNO2/c1-10(2,11)6-7-3-4-8(13(14)15)5-9(7)12/h3-5H,6,11H2,1-2H3. The van der Waals surface area contributed by atoms with Crippen LogP contribution in [0.4, 0.5) is 5.69 Å². The van der Waals surface area contributed by atoms with Crippen LogP contribution >= 0.6 is 15.9 Å². The van der Waals surface area contributed by atoms with Crippen molar-refractivity contribution < 1.29 is 4.92 Å². The average Bonchev–Trinajstić information content (AvgIpc) is 2.05. The van der Waals surface area contributed by atoms with E-state index in [1.54, 1.807) is 29.0 Å². The summed E-state index contributed by atoms with van der Waals surface area (Å²) in [6.07, 6.45) is 0.922. The molecule has 1 aromatic rings. The second kappa shape index (κ2) is 4.67. The molecule has 0 saturated carbocycles. The molecule has 3 nitrogen and oxygen atoms in total.